The average molecular weight is 299 g/mol. The standard InChI is InChI=1S/C15H27ClN4/c1-4-9-20(10-13-5-7-17-8-6-13)11-14-12(2)18-19(3)15(14)16/h13,17H,4-11H2,1-3H3. The molecule has 1 saturated heterocycles. The van der Waals surface area contributed by atoms with Gasteiger partial charge in [-0.15, -0.1) is 0 Å². The van der Waals surface area contributed by atoms with Crippen molar-refractivity contribution in [2.75, 3.05) is 26.2 Å². The highest BCUT2D eigenvalue weighted by Crippen LogP contribution is 2.22. The fourth-order valence-electron chi connectivity index (χ4n) is 3.06. The van der Waals surface area contributed by atoms with Crippen LogP contribution in [0.5, 0.6) is 0 Å². The highest BCUT2D eigenvalue weighted by atomic mass is 35.5. The molecule has 0 spiro atoms. The van der Waals surface area contributed by atoms with Crippen LogP contribution in [0.2, 0.25) is 5.15 Å². The molecule has 114 valence electrons. The van der Waals surface area contributed by atoms with Gasteiger partial charge in [-0.1, -0.05) is 18.5 Å². The summed E-state index contributed by atoms with van der Waals surface area (Å²) >= 11 is 6.36. The van der Waals surface area contributed by atoms with Crippen LogP contribution in [0.1, 0.15) is 37.4 Å². The molecule has 0 amide bonds. The van der Waals surface area contributed by atoms with Crippen molar-refractivity contribution in [2.45, 2.75) is 39.7 Å². The number of halogens is 1. The molecule has 0 aromatic carbocycles. The molecule has 20 heavy (non-hydrogen) atoms. The van der Waals surface area contributed by atoms with Crippen LogP contribution < -0.4 is 5.32 Å². The van der Waals surface area contributed by atoms with Crippen LogP contribution in [0.25, 0.3) is 0 Å². The van der Waals surface area contributed by atoms with Gasteiger partial charge in [-0.2, -0.15) is 5.10 Å². The third kappa shape index (κ3) is 3.96. The summed E-state index contributed by atoms with van der Waals surface area (Å²) in [6, 6.07) is 0. The molecule has 0 bridgehead atoms. The Morgan fingerprint density at radius 1 is 1.40 bits per heavy atom. The summed E-state index contributed by atoms with van der Waals surface area (Å²) < 4.78 is 1.78. The van der Waals surface area contributed by atoms with E-state index in [0.717, 1.165) is 42.9 Å². The Morgan fingerprint density at radius 3 is 2.65 bits per heavy atom. The minimum absolute atomic E-state index is 0.786. The van der Waals surface area contributed by atoms with Gasteiger partial charge < -0.3 is 5.32 Å². The molecule has 0 atom stereocenters. The summed E-state index contributed by atoms with van der Waals surface area (Å²) in [7, 11) is 1.91. The largest absolute Gasteiger partial charge is 0.317 e. The number of hydrogen-bond donors (Lipinski definition) is 1. The Morgan fingerprint density at radius 2 is 2.10 bits per heavy atom. The van der Waals surface area contributed by atoms with Crippen molar-refractivity contribution in [3.05, 3.63) is 16.4 Å². The number of nitrogens with zero attached hydrogens (tertiary/aromatic N) is 3. The molecule has 4 nitrogen and oxygen atoms in total. The maximum atomic E-state index is 6.36. The first kappa shape index (κ1) is 15.8. The average Bonchev–Trinajstić information content (AvgIpc) is 2.67. The summed E-state index contributed by atoms with van der Waals surface area (Å²) in [6.45, 7) is 9.86. The van der Waals surface area contributed by atoms with Crippen LogP contribution in [0.3, 0.4) is 0 Å². The van der Waals surface area contributed by atoms with E-state index < -0.39 is 0 Å². The van der Waals surface area contributed by atoms with Crippen LogP contribution in [0, 0.1) is 12.8 Å². The van der Waals surface area contributed by atoms with E-state index in [2.05, 4.69) is 29.2 Å². The number of aryl methyl sites for hydroxylation is 2. The maximum absolute atomic E-state index is 6.36. The zero-order valence-electron chi connectivity index (χ0n) is 13.0. The van der Waals surface area contributed by atoms with Gasteiger partial charge in [0.05, 0.1) is 5.69 Å². The minimum Gasteiger partial charge on any atom is -0.317 e. The SMILES string of the molecule is CCCN(Cc1c(C)nn(C)c1Cl)CC1CCNCC1. The van der Waals surface area contributed by atoms with E-state index in [1.165, 1.54) is 31.4 Å². The molecule has 0 saturated carbocycles. The Bertz CT molecular complexity index is 424. The lowest BCUT2D eigenvalue weighted by Gasteiger charge is -2.30. The van der Waals surface area contributed by atoms with E-state index in [9.17, 15) is 0 Å². The number of nitrogens with one attached hydrogen (secondary N) is 1. The van der Waals surface area contributed by atoms with Crippen LogP contribution >= 0.6 is 11.6 Å². The van der Waals surface area contributed by atoms with E-state index in [4.69, 9.17) is 11.6 Å². The third-order valence-corrected chi connectivity index (χ3v) is 4.64. The normalized spacial score (nSPS) is 17.1. The number of aromatic nitrogens is 2. The quantitative estimate of drug-likeness (QED) is 0.876. The van der Waals surface area contributed by atoms with Crippen LogP contribution in [-0.4, -0.2) is 40.9 Å². The predicted molar refractivity (Wildman–Crippen MR) is 84.1 cm³/mol. The second-order valence-corrected chi connectivity index (χ2v) is 6.26. The van der Waals surface area contributed by atoms with Gasteiger partial charge in [0.2, 0.25) is 0 Å². The predicted octanol–water partition coefficient (Wildman–Crippen LogP) is 2.59. The summed E-state index contributed by atoms with van der Waals surface area (Å²) in [4.78, 5) is 2.55. The second-order valence-electron chi connectivity index (χ2n) is 5.91. The van der Waals surface area contributed by atoms with Crippen LogP contribution in [0.4, 0.5) is 0 Å². The monoisotopic (exact) mass is 298 g/mol. The van der Waals surface area contributed by atoms with Crippen molar-refractivity contribution >= 4 is 11.6 Å². The van der Waals surface area contributed by atoms with Crippen LogP contribution in [0.15, 0.2) is 0 Å². The molecule has 2 rings (SSSR count). The lowest BCUT2D eigenvalue weighted by Crippen LogP contribution is -2.36. The number of hydrogen-bond acceptors (Lipinski definition) is 3. The van der Waals surface area contributed by atoms with Gasteiger partial charge in [-0.05, 0) is 51.7 Å². The molecule has 5 heteroatoms. The zero-order chi connectivity index (χ0) is 14.5. The van der Waals surface area contributed by atoms with E-state index in [0.29, 0.717) is 0 Å². The first-order chi connectivity index (χ1) is 9.61. The van der Waals surface area contributed by atoms with Crippen molar-refractivity contribution in [1.29, 1.82) is 0 Å². The highest BCUT2D eigenvalue weighted by molar-refractivity contribution is 6.30. The first-order valence-electron chi connectivity index (χ1n) is 7.72. The molecule has 0 unspecified atom stereocenters. The van der Waals surface area contributed by atoms with Gasteiger partial charge >= 0.3 is 0 Å². The molecule has 1 fully saturated rings. The summed E-state index contributed by atoms with van der Waals surface area (Å²) in [5.41, 5.74) is 2.25. The molecule has 1 N–H and O–H groups in total. The van der Waals surface area contributed by atoms with Crippen molar-refractivity contribution in [2.24, 2.45) is 13.0 Å². The highest BCUT2D eigenvalue weighted by Gasteiger charge is 2.19. The molecular weight excluding hydrogens is 272 g/mol. The summed E-state index contributed by atoms with van der Waals surface area (Å²) in [5, 5.41) is 8.64. The Balaban J connectivity index is 2.00. The Hall–Kier alpha value is -0.580. The van der Waals surface area contributed by atoms with Crippen molar-refractivity contribution in [3.63, 3.8) is 0 Å². The molecule has 1 aromatic rings. The van der Waals surface area contributed by atoms with Crippen molar-refractivity contribution in [3.8, 4) is 0 Å². The molecule has 1 aromatic heterocycles. The van der Waals surface area contributed by atoms with Gasteiger partial charge in [-0.3, -0.25) is 9.58 Å². The lowest BCUT2D eigenvalue weighted by atomic mass is 9.97. The summed E-state index contributed by atoms with van der Waals surface area (Å²) in [5.74, 6) is 0.818. The Kier molecular flexibility index (Phi) is 5.87. The molecule has 1 aliphatic rings. The number of piperidine rings is 1. The minimum atomic E-state index is 0.786. The zero-order valence-corrected chi connectivity index (χ0v) is 13.7. The topological polar surface area (TPSA) is 33.1 Å². The molecule has 0 aliphatic carbocycles. The van der Waals surface area contributed by atoms with E-state index in [1.54, 1.807) is 4.68 Å². The van der Waals surface area contributed by atoms with Gasteiger partial charge in [0.1, 0.15) is 5.15 Å². The number of rotatable bonds is 6. The molecular formula is C15H27ClN4. The van der Waals surface area contributed by atoms with Crippen LogP contribution in [-0.2, 0) is 13.6 Å². The Labute approximate surface area is 127 Å². The van der Waals surface area contributed by atoms with Crippen molar-refractivity contribution < 1.29 is 0 Å². The molecule has 2 heterocycles. The molecule has 1 aliphatic heterocycles. The van der Waals surface area contributed by atoms with E-state index in [-0.39, 0.29) is 0 Å². The first-order valence-corrected chi connectivity index (χ1v) is 8.10. The van der Waals surface area contributed by atoms with E-state index in [1.807, 2.05) is 7.05 Å². The van der Waals surface area contributed by atoms with Gasteiger partial charge in [-0.25, -0.2) is 0 Å². The van der Waals surface area contributed by atoms with Gasteiger partial charge in [0.15, 0.2) is 0 Å². The lowest BCUT2D eigenvalue weighted by molar-refractivity contribution is 0.198. The fraction of sp³-hybridized carbons (Fsp3) is 0.800. The maximum Gasteiger partial charge on any atom is 0.131 e. The smallest absolute Gasteiger partial charge is 0.131 e. The molecule has 0 radical (unpaired) electrons. The summed E-state index contributed by atoms with van der Waals surface area (Å²) in [6.07, 6.45) is 3.77. The fourth-order valence-corrected chi connectivity index (χ4v) is 3.29. The second kappa shape index (κ2) is 7.43. The third-order valence-electron chi connectivity index (χ3n) is 4.17. The van der Waals surface area contributed by atoms with E-state index >= 15 is 0 Å². The van der Waals surface area contributed by atoms with Crippen molar-refractivity contribution in [1.82, 2.24) is 20.0 Å². The van der Waals surface area contributed by atoms with Gasteiger partial charge in [0.25, 0.3) is 0 Å². The van der Waals surface area contributed by atoms with Gasteiger partial charge in [0, 0.05) is 25.7 Å².